The molecule has 4 aliphatic heterocycles. The lowest BCUT2D eigenvalue weighted by Gasteiger charge is -2.35. The maximum atomic E-state index is 12.8. The number of fused-ring (bicyclic) bond motifs is 1. The highest BCUT2D eigenvalue weighted by atomic mass is 16.2. The molecule has 8 nitrogen and oxygen atoms in total. The van der Waals surface area contributed by atoms with Gasteiger partial charge in [-0.25, -0.2) is 0 Å². The van der Waals surface area contributed by atoms with Crippen LogP contribution in [0, 0.1) is 5.92 Å². The fourth-order valence-corrected chi connectivity index (χ4v) is 5.35. The molecule has 1 aromatic rings. The minimum atomic E-state index is -0.552. The molecule has 4 heterocycles. The first kappa shape index (κ1) is 20.6. The molecule has 3 fully saturated rings. The van der Waals surface area contributed by atoms with E-state index < -0.39 is 6.04 Å². The van der Waals surface area contributed by atoms with E-state index in [1.54, 1.807) is 4.90 Å². The van der Waals surface area contributed by atoms with Gasteiger partial charge in [0.05, 0.1) is 0 Å². The molecule has 3 saturated heterocycles. The summed E-state index contributed by atoms with van der Waals surface area (Å²) in [5, 5.41) is 5.81. The predicted molar refractivity (Wildman–Crippen MR) is 115 cm³/mol. The van der Waals surface area contributed by atoms with E-state index in [4.69, 9.17) is 0 Å². The quantitative estimate of drug-likeness (QED) is 0.655. The van der Waals surface area contributed by atoms with Crippen LogP contribution in [0.4, 0.5) is 0 Å². The second-order valence-corrected chi connectivity index (χ2v) is 9.33. The number of imide groups is 1. The molecule has 0 saturated carbocycles. The molecule has 0 bridgehead atoms. The number of carbonyl (C=O) groups excluding carboxylic acids is 3. The van der Waals surface area contributed by atoms with Crippen molar-refractivity contribution in [1.29, 1.82) is 0 Å². The fraction of sp³-hybridized carbons (Fsp3) is 0.609. The summed E-state index contributed by atoms with van der Waals surface area (Å²) in [6, 6.07) is 5.52. The number of benzene rings is 1. The summed E-state index contributed by atoms with van der Waals surface area (Å²) in [6.45, 7) is 9.22. The van der Waals surface area contributed by atoms with Crippen LogP contribution in [0.1, 0.15) is 40.7 Å². The molecule has 1 aromatic carbocycles. The van der Waals surface area contributed by atoms with E-state index in [0.29, 0.717) is 18.5 Å². The first-order valence-electron chi connectivity index (χ1n) is 11.5. The van der Waals surface area contributed by atoms with Gasteiger partial charge in [0.25, 0.3) is 5.91 Å². The Hall–Kier alpha value is -2.29. The van der Waals surface area contributed by atoms with Crippen molar-refractivity contribution in [2.75, 3.05) is 45.8 Å². The van der Waals surface area contributed by atoms with Gasteiger partial charge >= 0.3 is 0 Å². The summed E-state index contributed by atoms with van der Waals surface area (Å²) in [7, 11) is 0. The van der Waals surface area contributed by atoms with Crippen LogP contribution in [-0.4, -0.2) is 84.3 Å². The van der Waals surface area contributed by atoms with E-state index in [9.17, 15) is 14.4 Å². The van der Waals surface area contributed by atoms with Crippen LogP contribution < -0.4 is 10.6 Å². The molecule has 8 heteroatoms. The summed E-state index contributed by atoms with van der Waals surface area (Å²) < 4.78 is 0. The Kier molecular flexibility index (Phi) is 5.77. The van der Waals surface area contributed by atoms with E-state index in [-0.39, 0.29) is 24.1 Å². The fourth-order valence-electron chi connectivity index (χ4n) is 5.35. The van der Waals surface area contributed by atoms with Gasteiger partial charge in [0.1, 0.15) is 6.04 Å². The molecule has 0 aromatic heterocycles. The summed E-state index contributed by atoms with van der Waals surface area (Å²) in [5.41, 5.74) is 2.88. The van der Waals surface area contributed by atoms with Gasteiger partial charge in [0, 0.05) is 57.8 Å². The summed E-state index contributed by atoms with van der Waals surface area (Å²) in [6.07, 6.45) is 1.98. The summed E-state index contributed by atoms with van der Waals surface area (Å²) in [5.74, 6) is 0.0794. The van der Waals surface area contributed by atoms with Crippen molar-refractivity contribution in [2.45, 2.75) is 38.4 Å². The molecule has 166 valence electrons. The van der Waals surface area contributed by atoms with E-state index >= 15 is 0 Å². The molecule has 0 radical (unpaired) electrons. The average Bonchev–Trinajstić information content (AvgIpc) is 3.37. The van der Waals surface area contributed by atoms with Crippen molar-refractivity contribution >= 4 is 17.7 Å². The van der Waals surface area contributed by atoms with Gasteiger partial charge in [0.2, 0.25) is 11.8 Å². The minimum Gasteiger partial charge on any atom is -0.322 e. The van der Waals surface area contributed by atoms with E-state index in [2.05, 4.69) is 26.5 Å². The van der Waals surface area contributed by atoms with Gasteiger partial charge in [-0.05, 0) is 49.0 Å². The third-order valence-electron chi connectivity index (χ3n) is 7.14. The number of amides is 3. The maximum Gasteiger partial charge on any atom is 0.255 e. The largest absolute Gasteiger partial charge is 0.322 e. The summed E-state index contributed by atoms with van der Waals surface area (Å²) in [4.78, 5) is 43.2. The Morgan fingerprint density at radius 3 is 2.55 bits per heavy atom. The van der Waals surface area contributed by atoms with Gasteiger partial charge in [-0.15, -0.1) is 0 Å². The molecule has 5 rings (SSSR count). The zero-order chi connectivity index (χ0) is 21.4. The lowest BCUT2D eigenvalue weighted by atomic mass is 10.0. The highest BCUT2D eigenvalue weighted by Crippen LogP contribution is 2.28. The van der Waals surface area contributed by atoms with Crippen LogP contribution in [0.2, 0.25) is 0 Å². The average molecular weight is 426 g/mol. The van der Waals surface area contributed by atoms with Crippen molar-refractivity contribution in [1.82, 2.24) is 25.3 Å². The summed E-state index contributed by atoms with van der Waals surface area (Å²) >= 11 is 0. The van der Waals surface area contributed by atoms with Gasteiger partial charge in [-0.3, -0.25) is 24.6 Å². The molecule has 2 atom stereocenters. The molecule has 2 N–H and O–H groups in total. The van der Waals surface area contributed by atoms with Gasteiger partial charge in [0.15, 0.2) is 0 Å². The normalized spacial score (nSPS) is 27.6. The first-order chi connectivity index (χ1) is 15.1. The number of piperidine rings is 1. The molecular formula is C23H31N5O3. The van der Waals surface area contributed by atoms with E-state index in [1.807, 2.05) is 12.1 Å². The van der Waals surface area contributed by atoms with Crippen molar-refractivity contribution in [3.8, 4) is 0 Å². The zero-order valence-corrected chi connectivity index (χ0v) is 17.9. The molecule has 3 amide bonds. The van der Waals surface area contributed by atoms with Crippen molar-refractivity contribution in [3.63, 3.8) is 0 Å². The maximum absolute atomic E-state index is 12.8. The minimum absolute atomic E-state index is 0.105. The molecular weight excluding hydrogens is 394 g/mol. The third-order valence-corrected chi connectivity index (χ3v) is 7.14. The molecule has 4 aliphatic rings. The first-order valence-corrected chi connectivity index (χ1v) is 11.5. The molecule has 0 spiro atoms. The number of hydrogen-bond acceptors (Lipinski definition) is 6. The smallest absolute Gasteiger partial charge is 0.255 e. The second kappa shape index (κ2) is 8.68. The van der Waals surface area contributed by atoms with Gasteiger partial charge < -0.3 is 15.1 Å². The van der Waals surface area contributed by atoms with Crippen LogP contribution in [0.5, 0.6) is 0 Å². The Bertz CT molecular complexity index is 874. The Morgan fingerprint density at radius 1 is 1.00 bits per heavy atom. The number of hydrogen-bond donors (Lipinski definition) is 2. The van der Waals surface area contributed by atoms with Crippen LogP contribution >= 0.6 is 0 Å². The molecule has 31 heavy (non-hydrogen) atoms. The SMILES string of the molecule is O=C1CCC(N2Cc3cc(CN4CCN(CC5CCNC5)CC4)ccc3C2=O)C(=O)N1. The highest BCUT2D eigenvalue weighted by molar-refractivity contribution is 6.05. The number of nitrogens with zero attached hydrogens (tertiary/aromatic N) is 3. The Balaban J connectivity index is 1.17. The monoisotopic (exact) mass is 425 g/mol. The van der Waals surface area contributed by atoms with E-state index in [0.717, 1.165) is 57.3 Å². The van der Waals surface area contributed by atoms with Crippen LogP contribution in [0.15, 0.2) is 18.2 Å². The van der Waals surface area contributed by atoms with Crippen molar-refractivity contribution in [3.05, 3.63) is 34.9 Å². The topological polar surface area (TPSA) is 85.0 Å². The highest BCUT2D eigenvalue weighted by Gasteiger charge is 2.39. The van der Waals surface area contributed by atoms with Gasteiger partial charge in [-0.2, -0.15) is 0 Å². The lowest BCUT2D eigenvalue weighted by molar-refractivity contribution is -0.136. The predicted octanol–water partition coefficient (Wildman–Crippen LogP) is 0.175. The lowest BCUT2D eigenvalue weighted by Crippen LogP contribution is -2.52. The Morgan fingerprint density at radius 2 is 1.81 bits per heavy atom. The molecule has 2 unspecified atom stereocenters. The Labute approximate surface area is 182 Å². The van der Waals surface area contributed by atoms with Gasteiger partial charge in [-0.1, -0.05) is 12.1 Å². The standard InChI is InChI=1S/C23H31N5O3/c29-21-4-3-20(22(30)25-21)28-15-18-11-16(1-2-19(18)23(28)31)13-26-7-9-27(10-8-26)14-17-5-6-24-12-17/h1-2,11,17,20,24H,3-10,12-15H2,(H,25,29,30). The van der Waals surface area contributed by atoms with Crippen LogP contribution in [-0.2, 0) is 22.7 Å². The van der Waals surface area contributed by atoms with Crippen LogP contribution in [0.3, 0.4) is 0 Å². The zero-order valence-electron chi connectivity index (χ0n) is 17.9. The van der Waals surface area contributed by atoms with Crippen molar-refractivity contribution < 1.29 is 14.4 Å². The number of rotatable bonds is 5. The number of nitrogens with one attached hydrogen (secondary N) is 2. The third kappa shape index (κ3) is 4.37. The number of piperazine rings is 1. The second-order valence-electron chi connectivity index (χ2n) is 9.33. The molecule has 0 aliphatic carbocycles. The van der Waals surface area contributed by atoms with E-state index in [1.165, 1.54) is 18.5 Å². The van der Waals surface area contributed by atoms with Crippen molar-refractivity contribution in [2.24, 2.45) is 5.92 Å². The number of carbonyl (C=O) groups is 3. The van der Waals surface area contributed by atoms with Crippen LogP contribution in [0.25, 0.3) is 0 Å².